The standard InChI is InChI=1S/C9H10INO/c1-5-3-8(10)7(6(2)12)4-9(5)11/h3-4H,11H2,1-2H3. The van der Waals surface area contributed by atoms with Gasteiger partial charge in [-0.1, -0.05) is 0 Å². The molecule has 0 aliphatic carbocycles. The molecule has 0 bridgehead atoms. The van der Waals surface area contributed by atoms with Crippen LogP contribution in [0.15, 0.2) is 12.1 Å². The van der Waals surface area contributed by atoms with Crippen LogP contribution in [0.4, 0.5) is 5.69 Å². The molecule has 0 radical (unpaired) electrons. The van der Waals surface area contributed by atoms with Crippen molar-refractivity contribution in [1.82, 2.24) is 0 Å². The Bertz CT molecular complexity index is 334. The maximum atomic E-state index is 11.1. The molecule has 0 aliphatic heterocycles. The Labute approximate surface area is 85.3 Å². The molecule has 2 N–H and O–H groups in total. The predicted molar refractivity (Wildman–Crippen MR) is 58.3 cm³/mol. The van der Waals surface area contributed by atoms with E-state index in [0.717, 1.165) is 9.13 Å². The van der Waals surface area contributed by atoms with E-state index in [0.29, 0.717) is 11.3 Å². The van der Waals surface area contributed by atoms with Gasteiger partial charge in [0.05, 0.1) is 0 Å². The van der Waals surface area contributed by atoms with E-state index in [1.807, 2.05) is 13.0 Å². The van der Waals surface area contributed by atoms with Crippen molar-refractivity contribution in [3.05, 3.63) is 26.8 Å². The minimum Gasteiger partial charge on any atom is -0.398 e. The third-order valence-electron chi connectivity index (χ3n) is 1.74. The minimum atomic E-state index is 0.0612. The van der Waals surface area contributed by atoms with Gasteiger partial charge in [0.25, 0.3) is 0 Å². The molecule has 0 aromatic heterocycles. The van der Waals surface area contributed by atoms with E-state index in [1.54, 1.807) is 13.0 Å². The van der Waals surface area contributed by atoms with Gasteiger partial charge in [0.2, 0.25) is 0 Å². The van der Waals surface area contributed by atoms with Gasteiger partial charge in [-0.3, -0.25) is 4.79 Å². The molecule has 1 aromatic rings. The topological polar surface area (TPSA) is 43.1 Å². The lowest BCUT2D eigenvalue weighted by Gasteiger charge is -2.04. The van der Waals surface area contributed by atoms with Gasteiger partial charge in [-0.25, -0.2) is 0 Å². The minimum absolute atomic E-state index is 0.0612. The van der Waals surface area contributed by atoms with Crippen LogP contribution in [0.2, 0.25) is 0 Å². The summed E-state index contributed by atoms with van der Waals surface area (Å²) in [5.41, 5.74) is 8.08. The van der Waals surface area contributed by atoms with Crippen LogP contribution in [0.1, 0.15) is 22.8 Å². The molecule has 0 aliphatic rings. The van der Waals surface area contributed by atoms with Crippen molar-refractivity contribution in [3.63, 3.8) is 0 Å². The molecule has 64 valence electrons. The van der Waals surface area contributed by atoms with Gasteiger partial charge in [-0.15, -0.1) is 0 Å². The largest absolute Gasteiger partial charge is 0.398 e. The first kappa shape index (κ1) is 9.51. The normalized spacial score (nSPS) is 9.92. The third-order valence-corrected chi connectivity index (χ3v) is 2.63. The molecule has 0 fully saturated rings. The molecule has 0 heterocycles. The molecule has 0 saturated heterocycles. The van der Waals surface area contributed by atoms with E-state index in [4.69, 9.17) is 5.73 Å². The first-order chi connectivity index (χ1) is 5.52. The van der Waals surface area contributed by atoms with Gasteiger partial charge in [0, 0.05) is 14.8 Å². The second-order valence-corrected chi connectivity index (χ2v) is 3.91. The molecular weight excluding hydrogens is 265 g/mol. The molecule has 2 nitrogen and oxygen atoms in total. The van der Waals surface area contributed by atoms with Crippen molar-refractivity contribution in [2.24, 2.45) is 0 Å². The molecule has 0 saturated carbocycles. The zero-order chi connectivity index (χ0) is 9.30. The average Bonchev–Trinajstić information content (AvgIpc) is 1.96. The zero-order valence-corrected chi connectivity index (χ0v) is 9.18. The SMILES string of the molecule is CC(=O)c1cc(N)c(C)cc1I. The van der Waals surface area contributed by atoms with E-state index in [2.05, 4.69) is 22.6 Å². The van der Waals surface area contributed by atoms with Crippen LogP contribution in [0, 0.1) is 10.5 Å². The van der Waals surface area contributed by atoms with E-state index < -0.39 is 0 Å². The Morgan fingerprint density at radius 2 is 2.08 bits per heavy atom. The molecule has 0 amide bonds. The summed E-state index contributed by atoms with van der Waals surface area (Å²) >= 11 is 2.14. The Kier molecular flexibility index (Phi) is 2.72. The summed E-state index contributed by atoms with van der Waals surface area (Å²) in [6.45, 7) is 3.48. The summed E-state index contributed by atoms with van der Waals surface area (Å²) in [6.07, 6.45) is 0. The molecule has 12 heavy (non-hydrogen) atoms. The molecule has 0 atom stereocenters. The van der Waals surface area contributed by atoms with Gasteiger partial charge in [0.15, 0.2) is 5.78 Å². The fraction of sp³-hybridized carbons (Fsp3) is 0.222. The van der Waals surface area contributed by atoms with Gasteiger partial charge >= 0.3 is 0 Å². The number of Topliss-reactive ketones (excluding diaryl/α,β-unsaturated/α-hetero) is 1. The lowest BCUT2D eigenvalue weighted by molar-refractivity contribution is 0.101. The van der Waals surface area contributed by atoms with Crippen LogP contribution in [-0.2, 0) is 0 Å². The summed E-state index contributed by atoms with van der Waals surface area (Å²) in [5, 5.41) is 0. The number of benzene rings is 1. The number of ketones is 1. The Morgan fingerprint density at radius 3 is 2.58 bits per heavy atom. The fourth-order valence-electron chi connectivity index (χ4n) is 0.959. The van der Waals surface area contributed by atoms with E-state index in [1.165, 1.54) is 0 Å². The quantitative estimate of drug-likeness (QED) is 0.486. The van der Waals surface area contributed by atoms with Crippen LogP contribution < -0.4 is 5.73 Å². The zero-order valence-electron chi connectivity index (χ0n) is 7.02. The Balaban J connectivity index is 3.33. The van der Waals surface area contributed by atoms with Gasteiger partial charge in [-0.2, -0.15) is 0 Å². The monoisotopic (exact) mass is 275 g/mol. The van der Waals surface area contributed by atoms with Gasteiger partial charge < -0.3 is 5.73 Å². The number of anilines is 1. The number of carbonyl (C=O) groups excluding carboxylic acids is 1. The first-order valence-electron chi connectivity index (χ1n) is 3.59. The summed E-state index contributed by atoms with van der Waals surface area (Å²) < 4.78 is 0.965. The van der Waals surface area contributed by atoms with Crippen LogP contribution in [0.5, 0.6) is 0 Å². The molecule has 1 rings (SSSR count). The van der Waals surface area contributed by atoms with Crippen molar-refractivity contribution in [2.75, 3.05) is 5.73 Å². The van der Waals surface area contributed by atoms with Crippen molar-refractivity contribution in [3.8, 4) is 0 Å². The summed E-state index contributed by atoms with van der Waals surface area (Å²) in [6, 6.07) is 3.66. The maximum absolute atomic E-state index is 11.1. The number of hydrogen-bond acceptors (Lipinski definition) is 2. The number of rotatable bonds is 1. The average molecular weight is 275 g/mol. The second-order valence-electron chi connectivity index (χ2n) is 2.74. The van der Waals surface area contributed by atoms with Gasteiger partial charge in [0.1, 0.15) is 0 Å². The number of nitrogens with two attached hydrogens (primary N) is 1. The highest BCUT2D eigenvalue weighted by atomic mass is 127. The van der Waals surface area contributed by atoms with Crippen molar-refractivity contribution < 1.29 is 4.79 Å². The highest BCUT2D eigenvalue weighted by Crippen LogP contribution is 2.20. The number of carbonyl (C=O) groups is 1. The number of aryl methyl sites for hydroxylation is 1. The smallest absolute Gasteiger partial charge is 0.160 e. The highest BCUT2D eigenvalue weighted by Gasteiger charge is 2.06. The van der Waals surface area contributed by atoms with E-state index >= 15 is 0 Å². The van der Waals surface area contributed by atoms with Crippen LogP contribution >= 0.6 is 22.6 Å². The van der Waals surface area contributed by atoms with E-state index in [9.17, 15) is 4.79 Å². The first-order valence-corrected chi connectivity index (χ1v) is 4.67. The highest BCUT2D eigenvalue weighted by molar-refractivity contribution is 14.1. The van der Waals surface area contributed by atoms with Crippen molar-refractivity contribution in [2.45, 2.75) is 13.8 Å². The molecule has 0 spiro atoms. The Morgan fingerprint density at radius 1 is 1.50 bits per heavy atom. The molecule has 0 unspecified atom stereocenters. The lowest BCUT2D eigenvalue weighted by Crippen LogP contribution is -2.00. The fourth-order valence-corrected chi connectivity index (χ4v) is 1.96. The van der Waals surface area contributed by atoms with Gasteiger partial charge in [-0.05, 0) is 54.1 Å². The summed E-state index contributed by atoms with van der Waals surface area (Å²) in [5.74, 6) is 0.0612. The molecule has 3 heteroatoms. The van der Waals surface area contributed by atoms with Crippen LogP contribution in [0.3, 0.4) is 0 Å². The number of hydrogen-bond donors (Lipinski definition) is 1. The number of halogens is 1. The summed E-state index contributed by atoms with van der Waals surface area (Å²) in [4.78, 5) is 11.1. The maximum Gasteiger partial charge on any atom is 0.160 e. The lowest BCUT2D eigenvalue weighted by atomic mass is 10.1. The predicted octanol–water partition coefficient (Wildman–Crippen LogP) is 2.38. The van der Waals surface area contributed by atoms with Crippen molar-refractivity contribution in [1.29, 1.82) is 0 Å². The van der Waals surface area contributed by atoms with Crippen LogP contribution in [0.25, 0.3) is 0 Å². The third kappa shape index (κ3) is 1.77. The molecule has 1 aromatic carbocycles. The Hall–Kier alpha value is -0.580. The summed E-state index contributed by atoms with van der Waals surface area (Å²) in [7, 11) is 0. The van der Waals surface area contributed by atoms with Crippen LogP contribution in [-0.4, -0.2) is 5.78 Å². The number of nitrogen functional groups attached to an aromatic ring is 1. The van der Waals surface area contributed by atoms with Crippen molar-refractivity contribution >= 4 is 34.1 Å². The second kappa shape index (κ2) is 3.43. The van der Waals surface area contributed by atoms with E-state index in [-0.39, 0.29) is 5.78 Å². The molecular formula is C9H10INO.